The van der Waals surface area contributed by atoms with Gasteiger partial charge in [0.15, 0.2) is 6.29 Å². The van der Waals surface area contributed by atoms with E-state index in [0.717, 1.165) is 11.8 Å². The van der Waals surface area contributed by atoms with E-state index in [-0.39, 0.29) is 12.5 Å². The first kappa shape index (κ1) is 13.4. The van der Waals surface area contributed by atoms with E-state index in [1.807, 2.05) is 6.92 Å². The molecular formula is C14H13ClN2O2. The van der Waals surface area contributed by atoms with Gasteiger partial charge in [0.25, 0.3) is 0 Å². The average Bonchev–Trinajstić information content (AvgIpc) is 2.80. The van der Waals surface area contributed by atoms with Crippen LogP contribution in [0.5, 0.6) is 0 Å². The molecule has 1 N–H and O–H groups in total. The zero-order valence-electron chi connectivity index (χ0n) is 10.4. The van der Waals surface area contributed by atoms with Crippen molar-refractivity contribution in [3.05, 3.63) is 52.8 Å². The van der Waals surface area contributed by atoms with Gasteiger partial charge in [-0.2, -0.15) is 0 Å². The number of amides is 1. The van der Waals surface area contributed by atoms with Crippen LogP contribution in [0.15, 0.2) is 36.5 Å². The second kappa shape index (κ2) is 5.71. The van der Waals surface area contributed by atoms with Gasteiger partial charge in [-0.3, -0.25) is 9.59 Å². The van der Waals surface area contributed by atoms with Crippen LogP contribution in [0.1, 0.15) is 16.1 Å². The van der Waals surface area contributed by atoms with Gasteiger partial charge < -0.3 is 9.88 Å². The summed E-state index contributed by atoms with van der Waals surface area (Å²) < 4.78 is 1.59. The maximum absolute atomic E-state index is 11.9. The minimum absolute atomic E-state index is 0.100. The highest BCUT2D eigenvalue weighted by atomic mass is 35.5. The van der Waals surface area contributed by atoms with Crippen molar-refractivity contribution in [3.8, 4) is 0 Å². The monoisotopic (exact) mass is 276 g/mol. The highest BCUT2D eigenvalue weighted by Crippen LogP contribution is 2.19. The van der Waals surface area contributed by atoms with E-state index in [1.54, 1.807) is 41.1 Å². The highest BCUT2D eigenvalue weighted by molar-refractivity contribution is 6.30. The predicted molar refractivity (Wildman–Crippen MR) is 74.6 cm³/mol. The van der Waals surface area contributed by atoms with Crippen molar-refractivity contribution < 1.29 is 9.59 Å². The fourth-order valence-corrected chi connectivity index (χ4v) is 2.02. The second-order valence-electron chi connectivity index (χ2n) is 4.19. The summed E-state index contributed by atoms with van der Waals surface area (Å²) in [5.74, 6) is -0.190. The molecule has 4 nitrogen and oxygen atoms in total. The molecule has 98 valence electrons. The fraction of sp³-hybridized carbons (Fsp3) is 0.143. The number of rotatable bonds is 4. The molecule has 0 saturated heterocycles. The van der Waals surface area contributed by atoms with Gasteiger partial charge in [0.1, 0.15) is 6.54 Å². The Hall–Kier alpha value is -2.07. The summed E-state index contributed by atoms with van der Waals surface area (Å²) in [6.07, 6.45) is 2.42. The number of aryl methyl sites for hydroxylation is 1. The minimum Gasteiger partial charge on any atom is -0.336 e. The zero-order valence-corrected chi connectivity index (χ0v) is 11.1. The molecule has 1 amide bonds. The smallest absolute Gasteiger partial charge is 0.244 e. The number of nitrogens with zero attached hydrogens (tertiary/aromatic N) is 1. The van der Waals surface area contributed by atoms with Crippen molar-refractivity contribution in [2.45, 2.75) is 13.5 Å². The first-order valence-corrected chi connectivity index (χ1v) is 6.14. The molecule has 0 aliphatic carbocycles. The molecular weight excluding hydrogens is 264 g/mol. The molecule has 0 spiro atoms. The Labute approximate surface area is 116 Å². The summed E-state index contributed by atoms with van der Waals surface area (Å²) in [7, 11) is 0. The maximum atomic E-state index is 11.9. The lowest BCUT2D eigenvalue weighted by Gasteiger charge is -2.10. The third-order valence-corrected chi connectivity index (χ3v) is 3.00. The van der Waals surface area contributed by atoms with Crippen molar-refractivity contribution in [1.29, 1.82) is 0 Å². The molecule has 0 fully saturated rings. The SMILES string of the molecule is Cc1cc(Cl)ccc1NC(=O)Cn1cccc1C=O. The number of carbonyl (C=O) groups is 2. The quantitative estimate of drug-likeness (QED) is 0.873. The zero-order chi connectivity index (χ0) is 13.8. The lowest BCUT2D eigenvalue weighted by atomic mass is 10.2. The Morgan fingerprint density at radius 2 is 2.21 bits per heavy atom. The lowest BCUT2D eigenvalue weighted by Crippen LogP contribution is -2.19. The molecule has 0 radical (unpaired) electrons. The molecule has 1 heterocycles. The van der Waals surface area contributed by atoms with Crippen molar-refractivity contribution in [2.24, 2.45) is 0 Å². The summed E-state index contributed by atoms with van der Waals surface area (Å²) in [4.78, 5) is 22.7. The molecule has 0 atom stereocenters. The van der Waals surface area contributed by atoms with Gasteiger partial charge in [0.2, 0.25) is 5.91 Å². The van der Waals surface area contributed by atoms with Crippen LogP contribution in [-0.2, 0) is 11.3 Å². The Balaban J connectivity index is 2.07. The highest BCUT2D eigenvalue weighted by Gasteiger charge is 2.08. The summed E-state index contributed by atoms with van der Waals surface area (Å²) in [5, 5.41) is 3.42. The van der Waals surface area contributed by atoms with Crippen LogP contribution >= 0.6 is 11.6 Å². The van der Waals surface area contributed by atoms with Crippen molar-refractivity contribution in [3.63, 3.8) is 0 Å². The summed E-state index contributed by atoms with van der Waals surface area (Å²) in [6.45, 7) is 1.97. The topological polar surface area (TPSA) is 51.1 Å². The van der Waals surface area contributed by atoms with Crippen molar-refractivity contribution >= 4 is 29.5 Å². The minimum atomic E-state index is -0.190. The molecule has 19 heavy (non-hydrogen) atoms. The maximum Gasteiger partial charge on any atom is 0.244 e. The van der Waals surface area contributed by atoms with E-state index in [1.165, 1.54) is 0 Å². The number of anilines is 1. The molecule has 0 aliphatic rings. The van der Waals surface area contributed by atoms with Gasteiger partial charge in [0.05, 0.1) is 5.69 Å². The van der Waals surface area contributed by atoms with E-state index in [0.29, 0.717) is 16.4 Å². The van der Waals surface area contributed by atoms with Crippen LogP contribution in [-0.4, -0.2) is 16.8 Å². The first-order chi connectivity index (χ1) is 9.10. The number of aromatic nitrogens is 1. The van der Waals surface area contributed by atoms with Gasteiger partial charge in [-0.25, -0.2) is 0 Å². The fourth-order valence-electron chi connectivity index (χ4n) is 1.79. The summed E-state index contributed by atoms with van der Waals surface area (Å²) >= 11 is 5.85. The number of hydrogen-bond acceptors (Lipinski definition) is 2. The van der Waals surface area contributed by atoms with Gasteiger partial charge in [-0.1, -0.05) is 11.6 Å². The van der Waals surface area contributed by atoms with E-state index in [9.17, 15) is 9.59 Å². The second-order valence-corrected chi connectivity index (χ2v) is 4.62. The first-order valence-electron chi connectivity index (χ1n) is 5.76. The molecule has 0 aliphatic heterocycles. The van der Waals surface area contributed by atoms with Gasteiger partial charge in [-0.15, -0.1) is 0 Å². The van der Waals surface area contributed by atoms with Crippen molar-refractivity contribution in [1.82, 2.24) is 4.57 Å². The molecule has 1 aromatic heterocycles. The van der Waals surface area contributed by atoms with E-state index < -0.39 is 0 Å². The number of halogens is 1. The van der Waals surface area contributed by atoms with E-state index >= 15 is 0 Å². The number of hydrogen-bond donors (Lipinski definition) is 1. The molecule has 2 aromatic rings. The van der Waals surface area contributed by atoms with Gasteiger partial charge in [0, 0.05) is 16.9 Å². The Morgan fingerprint density at radius 3 is 2.89 bits per heavy atom. The molecule has 5 heteroatoms. The standard InChI is InChI=1S/C14H13ClN2O2/c1-10-7-11(15)4-5-13(10)16-14(19)8-17-6-2-3-12(17)9-18/h2-7,9H,8H2,1H3,(H,16,19). The average molecular weight is 277 g/mol. The van der Waals surface area contributed by atoms with E-state index in [2.05, 4.69) is 5.32 Å². The number of benzene rings is 1. The number of nitrogens with one attached hydrogen (secondary N) is 1. The third kappa shape index (κ3) is 3.23. The Bertz CT molecular complexity index is 620. The van der Waals surface area contributed by atoms with Crippen LogP contribution in [0.2, 0.25) is 5.02 Å². The number of aldehydes is 1. The lowest BCUT2D eigenvalue weighted by molar-refractivity contribution is -0.116. The van der Waals surface area contributed by atoms with Crippen LogP contribution < -0.4 is 5.32 Å². The molecule has 1 aromatic carbocycles. The van der Waals surface area contributed by atoms with Crippen LogP contribution in [0.4, 0.5) is 5.69 Å². The van der Waals surface area contributed by atoms with Crippen LogP contribution in [0.3, 0.4) is 0 Å². The van der Waals surface area contributed by atoms with Gasteiger partial charge >= 0.3 is 0 Å². The predicted octanol–water partition coefficient (Wildman–Crippen LogP) is 2.90. The van der Waals surface area contributed by atoms with E-state index in [4.69, 9.17) is 11.6 Å². The Morgan fingerprint density at radius 1 is 1.42 bits per heavy atom. The normalized spacial score (nSPS) is 10.2. The van der Waals surface area contributed by atoms with Crippen LogP contribution in [0.25, 0.3) is 0 Å². The molecule has 0 unspecified atom stereocenters. The van der Waals surface area contributed by atoms with Gasteiger partial charge in [-0.05, 0) is 42.8 Å². The molecule has 0 bridgehead atoms. The third-order valence-electron chi connectivity index (χ3n) is 2.76. The summed E-state index contributed by atoms with van der Waals surface area (Å²) in [5.41, 5.74) is 2.08. The Kier molecular flexibility index (Phi) is 4.02. The largest absolute Gasteiger partial charge is 0.336 e. The van der Waals surface area contributed by atoms with Crippen LogP contribution in [0, 0.1) is 6.92 Å². The van der Waals surface area contributed by atoms with Crippen molar-refractivity contribution in [2.75, 3.05) is 5.32 Å². The molecule has 2 rings (SSSR count). The summed E-state index contributed by atoms with van der Waals surface area (Å²) in [6, 6.07) is 8.64. The number of carbonyl (C=O) groups excluding carboxylic acids is 2. The molecule has 0 saturated carbocycles.